The predicted octanol–water partition coefficient (Wildman–Crippen LogP) is 4.44. The topological polar surface area (TPSA) is 81.4 Å². The predicted molar refractivity (Wildman–Crippen MR) is 103 cm³/mol. The number of anilines is 1. The van der Waals surface area contributed by atoms with Crippen LogP contribution < -0.4 is 10.1 Å². The standard InChI is InChI=1S/C18H15Cl2F2N5O2/c1-18(2)5-9(10-7-23-13-4-12(20)26-27(13)14(10)18)15(28)25-8-3-11(19)16(24-6-8)29-17(21)22/h3-4,6-7,9,17H,5H2,1-2H3,(H,25,28)/t9-/m0/s1. The minimum absolute atomic E-state index is 0.134. The number of hydrogen-bond acceptors (Lipinski definition) is 5. The molecule has 1 atom stereocenters. The van der Waals surface area contributed by atoms with Crippen LogP contribution in [0.4, 0.5) is 14.5 Å². The largest absolute Gasteiger partial charge is 0.415 e. The number of alkyl halides is 2. The van der Waals surface area contributed by atoms with Crippen molar-refractivity contribution in [3.8, 4) is 5.88 Å². The van der Waals surface area contributed by atoms with Gasteiger partial charge in [0.1, 0.15) is 5.02 Å². The van der Waals surface area contributed by atoms with E-state index in [1.54, 1.807) is 16.8 Å². The monoisotopic (exact) mass is 441 g/mol. The smallest absolute Gasteiger partial charge is 0.388 e. The van der Waals surface area contributed by atoms with E-state index in [2.05, 4.69) is 25.1 Å². The van der Waals surface area contributed by atoms with Crippen molar-refractivity contribution in [2.45, 2.75) is 38.2 Å². The Bertz CT molecular complexity index is 1120. The molecule has 3 heterocycles. The zero-order valence-corrected chi connectivity index (χ0v) is 16.8. The van der Waals surface area contributed by atoms with Gasteiger partial charge in [-0.1, -0.05) is 37.0 Å². The van der Waals surface area contributed by atoms with Crippen molar-refractivity contribution in [1.82, 2.24) is 19.6 Å². The summed E-state index contributed by atoms with van der Waals surface area (Å²) in [5.41, 5.74) is 2.14. The first kappa shape index (κ1) is 19.8. The first-order valence-electron chi connectivity index (χ1n) is 8.61. The summed E-state index contributed by atoms with van der Waals surface area (Å²) in [6, 6.07) is 2.96. The highest BCUT2D eigenvalue weighted by molar-refractivity contribution is 6.32. The maximum Gasteiger partial charge on any atom is 0.388 e. The van der Waals surface area contributed by atoms with Crippen LogP contribution in [-0.2, 0) is 10.2 Å². The van der Waals surface area contributed by atoms with Crippen molar-refractivity contribution in [3.05, 3.63) is 46.0 Å². The number of carbonyl (C=O) groups is 1. The average molecular weight is 442 g/mol. The molecule has 1 amide bonds. The van der Waals surface area contributed by atoms with Crippen molar-refractivity contribution in [1.29, 1.82) is 0 Å². The van der Waals surface area contributed by atoms with Crippen LogP contribution >= 0.6 is 23.2 Å². The first-order chi connectivity index (χ1) is 13.7. The quantitative estimate of drug-likeness (QED) is 0.647. The molecule has 7 nitrogen and oxygen atoms in total. The van der Waals surface area contributed by atoms with Crippen molar-refractivity contribution >= 4 is 40.4 Å². The lowest BCUT2D eigenvalue weighted by Gasteiger charge is -2.19. The van der Waals surface area contributed by atoms with Gasteiger partial charge in [-0.05, 0) is 12.5 Å². The van der Waals surface area contributed by atoms with Crippen molar-refractivity contribution in [2.75, 3.05) is 5.32 Å². The molecule has 1 N–H and O–H groups in total. The lowest BCUT2D eigenvalue weighted by molar-refractivity contribution is -0.117. The molecular weight excluding hydrogens is 427 g/mol. The van der Waals surface area contributed by atoms with Gasteiger partial charge >= 0.3 is 6.61 Å². The van der Waals surface area contributed by atoms with E-state index in [-0.39, 0.29) is 22.0 Å². The molecule has 4 rings (SSSR count). The molecule has 3 aromatic rings. The molecule has 0 saturated carbocycles. The average Bonchev–Trinajstić information content (AvgIpc) is 3.13. The van der Waals surface area contributed by atoms with Crippen molar-refractivity contribution in [2.24, 2.45) is 0 Å². The Kier molecular flexibility index (Phi) is 4.82. The molecule has 0 bridgehead atoms. The molecule has 0 unspecified atom stereocenters. The van der Waals surface area contributed by atoms with Crippen LogP contribution in [-0.4, -0.2) is 32.1 Å². The van der Waals surface area contributed by atoms with Crippen LogP contribution in [0, 0.1) is 0 Å². The number of nitrogens with zero attached hydrogens (tertiary/aromatic N) is 4. The SMILES string of the molecule is CC1(C)C[C@H](C(=O)Nc2cnc(OC(F)F)c(Cl)c2)c2cnc3cc(Cl)nn3c21. The number of nitrogens with one attached hydrogen (secondary N) is 1. The molecule has 1 aliphatic rings. The summed E-state index contributed by atoms with van der Waals surface area (Å²) < 4.78 is 30.5. The number of ether oxygens (including phenoxy) is 1. The maximum absolute atomic E-state index is 13.0. The Morgan fingerprint density at radius 3 is 2.76 bits per heavy atom. The fourth-order valence-corrected chi connectivity index (χ4v) is 4.08. The lowest BCUT2D eigenvalue weighted by Crippen LogP contribution is -2.21. The van der Waals surface area contributed by atoms with Gasteiger partial charge in [-0.15, -0.1) is 0 Å². The third-order valence-corrected chi connectivity index (χ3v) is 5.26. The van der Waals surface area contributed by atoms with Crippen LogP contribution in [0.2, 0.25) is 10.2 Å². The zero-order chi connectivity index (χ0) is 20.9. The van der Waals surface area contributed by atoms with E-state index >= 15 is 0 Å². The Labute approximate surface area is 174 Å². The van der Waals surface area contributed by atoms with Gasteiger partial charge in [0.05, 0.1) is 23.5 Å². The molecule has 0 spiro atoms. The minimum Gasteiger partial charge on any atom is -0.415 e. The first-order valence-corrected chi connectivity index (χ1v) is 9.37. The Morgan fingerprint density at radius 2 is 2.07 bits per heavy atom. The van der Waals surface area contributed by atoms with E-state index in [0.717, 1.165) is 11.3 Å². The van der Waals surface area contributed by atoms with Gasteiger partial charge in [0.25, 0.3) is 0 Å². The number of amides is 1. The molecule has 152 valence electrons. The van der Waals surface area contributed by atoms with Gasteiger partial charge in [-0.3, -0.25) is 4.79 Å². The fourth-order valence-electron chi connectivity index (χ4n) is 3.70. The number of hydrogen-bond donors (Lipinski definition) is 1. The van der Waals surface area contributed by atoms with E-state index in [4.69, 9.17) is 23.2 Å². The summed E-state index contributed by atoms with van der Waals surface area (Å²) in [6.07, 6.45) is 3.39. The summed E-state index contributed by atoms with van der Waals surface area (Å²) >= 11 is 11.9. The van der Waals surface area contributed by atoms with Crippen LogP contribution in [0.3, 0.4) is 0 Å². The number of fused-ring (bicyclic) bond motifs is 3. The number of halogens is 4. The fraction of sp³-hybridized carbons (Fsp3) is 0.333. The number of aromatic nitrogens is 4. The summed E-state index contributed by atoms with van der Waals surface area (Å²) in [7, 11) is 0. The Morgan fingerprint density at radius 1 is 1.31 bits per heavy atom. The molecule has 0 radical (unpaired) electrons. The zero-order valence-electron chi connectivity index (χ0n) is 15.3. The molecule has 0 fully saturated rings. The second-order valence-corrected chi connectivity index (χ2v) is 8.11. The van der Waals surface area contributed by atoms with Crippen LogP contribution in [0.25, 0.3) is 5.65 Å². The number of rotatable bonds is 4. The van der Waals surface area contributed by atoms with Gasteiger partial charge < -0.3 is 10.1 Å². The Hall–Kier alpha value is -2.52. The van der Waals surface area contributed by atoms with Gasteiger partial charge in [-0.25, -0.2) is 14.5 Å². The van der Waals surface area contributed by atoms with Crippen molar-refractivity contribution in [3.63, 3.8) is 0 Å². The van der Waals surface area contributed by atoms with Crippen molar-refractivity contribution < 1.29 is 18.3 Å². The van der Waals surface area contributed by atoms with Gasteiger partial charge in [0.2, 0.25) is 11.8 Å². The van der Waals surface area contributed by atoms with Gasteiger partial charge in [0, 0.05) is 23.2 Å². The van der Waals surface area contributed by atoms with Crippen LogP contribution in [0.5, 0.6) is 5.88 Å². The van der Waals surface area contributed by atoms with E-state index in [1.807, 2.05) is 13.8 Å². The summed E-state index contributed by atoms with van der Waals surface area (Å²) in [4.78, 5) is 21.0. The highest BCUT2D eigenvalue weighted by atomic mass is 35.5. The summed E-state index contributed by atoms with van der Waals surface area (Å²) in [5, 5.41) is 7.20. The highest BCUT2D eigenvalue weighted by Gasteiger charge is 2.43. The van der Waals surface area contributed by atoms with E-state index in [9.17, 15) is 13.6 Å². The molecule has 0 saturated heterocycles. The molecule has 0 aliphatic heterocycles. The lowest BCUT2D eigenvalue weighted by atomic mass is 9.88. The normalized spacial score (nSPS) is 17.6. The number of carbonyl (C=O) groups excluding carboxylic acids is 1. The maximum atomic E-state index is 13.0. The molecule has 1 aliphatic carbocycles. The third kappa shape index (κ3) is 3.60. The van der Waals surface area contributed by atoms with E-state index < -0.39 is 18.4 Å². The Balaban J connectivity index is 1.63. The molecule has 29 heavy (non-hydrogen) atoms. The van der Waals surface area contributed by atoms with Gasteiger partial charge in [0.15, 0.2) is 10.8 Å². The summed E-state index contributed by atoms with van der Waals surface area (Å²) in [6.45, 7) is 0.990. The molecular formula is C18H15Cl2F2N5O2. The third-order valence-electron chi connectivity index (χ3n) is 4.80. The van der Waals surface area contributed by atoms with Gasteiger partial charge in [-0.2, -0.15) is 13.9 Å². The summed E-state index contributed by atoms with van der Waals surface area (Å²) in [5.74, 6) is -1.19. The molecule has 11 heteroatoms. The van der Waals surface area contributed by atoms with Crippen LogP contribution in [0.1, 0.15) is 37.4 Å². The molecule has 0 aromatic carbocycles. The highest BCUT2D eigenvalue weighted by Crippen LogP contribution is 2.46. The second kappa shape index (κ2) is 7.07. The minimum atomic E-state index is -3.04. The second-order valence-electron chi connectivity index (χ2n) is 7.32. The number of pyridine rings is 1. The van der Waals surface area contributed by atoms with E-state index in [0.29, 0.717) is 17.2 Å². The molecule has 3 aromatic heterocycles. The van der Waals surface area contributed by atoms with E-state index in [1.165, 1.54) is 12.3 Å². The van der Waals surface area contributed by atoms with Crippen LogP contribution in [0.15, 0.2) is 24.5 Å².